The van der Waals surface area contributed by atoms with Gasteiger partial charge >= 0.3 is 0 Å². The summed E-state index contributed by atoms with van der Waals surface area (Å²) in [4.78, 5) is 0. The monoisotopic (exact) mass is 760 g/mol. The van der Waals surface area contributed by atoms with Crippen molar-refractivity contribution in [3.8, 4) is 44.5 Å². The average molecular weight is 761 g/mol. The smallest absolute Gasteiger partial charge is 0.0622 e. The van der Waals surface area contributed by atoms with E-state index in [9.17, 15) is 0 Å². The second-order valence-electron chi connectivity index (χ2n) is 16.3. The lowest BCUT2D eigenvalue weighted by molar-refractivity contribution is 0.743. The maximum absolute atomic E-state index is 2.60. The maximum atomic E-state index is 2.60. The fourth-order valence-corrected chi connectivity index (χ4v) is 11.0. The van der Waals surface area contributed by atoms with Crippen molar-refractivity contribution in [1.29, 1.82) is 0 Å². The molecule has 0 nitrogen and oxygen atoms in total. The Morgan fingerprint density at radius 3 is 1.13 bits per heavy atom. The number of fused-ring (bicyclic) bond motifs is 5. The lowest BCUT2D eigenvalue weighted by atomic mass is 9.58. The molecule has 280 valence electrons. The van der Waals surface area contributed by atoms with E-state index < -0.39 is 10.8 Å². The molecule has 0 heterocycles. The van der Waals surface area contributed by atoms with Crippen LogP contribution in [0.2, 0.25) is 0 Å². The van der Waals surface area contributed by atoms with Gasteiger partial charge in [0.1, 0.15) is 0 Å². The van der Waals surface area contributed by atoms with E-state index in [1.165, 1.54) is 99.8 Å². The van der Waals surface area contributed by atoms with Crippen LogP contribution in [0.3, 0.4) is 0 Å². The maximum Gasteiger partial charge on any atom is 0.0714 e. The van der Waals surface area contributed by atoms with Crippen LogP contribution in [0.25, 0.3) is 55.3 Å². The van der Waals surface area contributed by atoms with Gasteiger partial charge in [-0.05, 0) is 118 Å². The van der Waals surface area contributed by atoms with Gasteiger partial charge in [-0.3, -0.25) is 0 Å². The summed E-state index contributed by atoms with van der Waals surface area (Å²) in [5.41, 5.74) is 19.1. The Balaban J connectivity index is 1.28. The summed E-state index contributed by atoms with van der Waals surface area (Å²) >= 11 is 0. The third kappa shape index (κ3) is 4.79. The molecule has 0 atom stereocenters. The van der Waals surface area contributed by atoms with E-state index in [1.807, 2.05) is 0 Å². The summed E-state index contributed by atoms with van der Waals surface area (Å²) in [6, 6.07) is 90.8. The van der Waals surface area contributed by atoms with Crippen molar-refractivity contribution in [2.24, 2.45) is 0 Å². The molecule has 0 fully saturated rings. The Morgan fingerprint density at radius 2 is 0.617 bits per heavy atom. The van der Waals surface area contributed by atoms with Gasteiger partial charge in [-0.25, -0.2) is 0 Å². The molecular weight excluding hydrogens is 721 g/mol. The number of hydrogen-bond acceptors (Lipinski definition) is 0. The van der Waals surface area contributed by atoms with E-state index in [0.29, 0.717) is 0 Å². The zero-order chi connectivity index (χ0) is 39.7. The van der Waals surface area contributed by atoms with Gasteiger partial charge in [0.15, 0.2) is 0 Å². The molecule has 0 N–H and O–H groups in total. The molecule has 60 heavy (non-hydrogen) atoms. The molecule has 0 spiro atoms. The molecular formula is C60H40. The largest absolute Gasteiger partial charge is 0.0714 e. The third-order valence-electron chi connectivity index (χ3n) is 13.4. The second-order valence-corrected chi connectivity index (χ2v) is 16.3. The van der Waals surface area contributed by atoms with Gasteiger partial charge in [-0.15, -0.1) is 0 Å². The molecule has 10 aromatic rings. The highest BCUT2D eigenvalue weighted by Gasteiger charge is 2.50. The molecule has 0 saturated heterocycles. The summed E-state index contributed by atoms with van der Waals surface area (Å²) in [6.07, 6.45) is 0. The van der Waals surface area contributed by atoms with Crippen molar-refractivity contribution in [1.82, 2.24) is 0 Å². The van der Waals surface area contributed by atoms with Crippen LogP contribution in [-0.2, 0) is 10.8 Å². The van der Waals surface area contributed by atoms with E-state index in [0.717, 1.165) is 0 Å². The molecule has 0 saturated carbocycles. The fraction of sp³-hybridized carbons (Fsp3) is 0.0333. The van der Waals surface area contributed by atoms with Crippen molar-refractivity contribution in [3.05, 3.63) is 287 Å². The molecule has 0 aliphatic heterocycles. The van der Waals surface area contributed by atoms with Gasteiger partial charge in [0.05, 0.1) is 10.8 Å². The average Bonchev–Trinajstić information content (AvgIpc) is 3.62. The SMILES string of the molecule is c1ccc(-c2ccc3c(c2)C(c2ccccc2)(c2ccccc2)c2cc4c(cc2-3)C(c2ccccc2)(c2ccccc2)c2cccc3c(-c5ccccc5)ccc-4c23)cc1. The Kier molecular flexibility index (Phi) is 7.77. The molecule has 0 unspecified atom stereocenters. The van der Waals surface area contributed by atoms with Gasteiger partial charge in [-0.1, -0.05) is 224 Å². The van der Waals surface area contributed by atoms with E-state index in [-0.39, 0.29) is 0 Å². The van der Waals surface area contributed by atoms with E-state index in [1.54, 1.807) is 0 Å². The topological polar surface area (TPSA) is 0 Å². The summed E-state index contributed by atoms with van der Waals surface area (Å²) in [5.74, 6) is 0. The molecule has 0 aromatic heterocycles. The Hall–Kier alpha value is -7.54. The first-order chi connectivity index (χ1) is 29.8. The quantitative estimate of drug-likeness (QED) is 0.158. The van der Waals surface area contributed by atoms with Gasteiger partial charge in [-0.2, -0.15) is 0 Å². The number of hydrogen-bond donors (Lipinski definition) is 0. The van der Waals surface area contributed by atoms with Crippen LogP contribution in [0, 0.1) is 0 Å². The Labute approximate surface area is 351 Å². The minimum Gasteiger partial charge on any atom is -0.0622 e. The van der Waals surface area contributed by atoms with E-state index >= 15 is 0 Å². The van der Waals surface area contributed by atoms with Crippen molar-refractivity contribution < 1.29 is 0 Å². The molecule has 10 aromatic carbocycles. The lowest BCUT2D eigenvalue weighted by Gasteiger charge is -2.43. The zero-order valence-electron chi connectivity index (χ0n) is 33.1. The predicted octanol–water partition coefficient (Wildman–Crippen LogP) is 14.9. The fourth-order valence-electron chi connectivity index (χ4n) is 11.0. The van der Waals surface area contributed by atoms with Crippen molar-refractivity contribution in [2.45, 2.75) is 10.8 Å². The molecule has 12 rings (SSSR count). The molecule has 0 radical (unpaired) electrons. The highest BCUT2D eigenvalue weighted by Crippen LogP contribution is 2.62. The van der Waals surface area contributed by atoms with Crippen molar-refractivity contribution in [3.63, 3.8) is 0 Å². The van der Waals surface area contributed by atoms with E-state index in [4.69, 9.17) is 0 Å². The second kappa shape index (κ2) is 13.5. The minimum atomic E-state index is -0.608. The molecule has 0 bridgehead atoms. The minimum absolute atomic E-state index is 0.574. The Bertz CT molecular complexity index is 3130. The van der Waals surface area contributed by atoms with Crippen LogP contribution >= 0.6 is 0 Å². The number of benzene rings is 10. The molecule has 0 heteroatoms. The summed E-state index contributed by atoms with van der Waals surface area (Å²) in [5, 5.41) is 2.58. The van der Waals surface area contributed by atoms with Crippen LogP contribution < -0.4 is 0 Å². The first-order valence-corrected chi connectivity index (χ1v) is 21.0. The van der Waals surface area contributed by atoms with Gasteiger partial charge in [0.2, 0.25) is 0 Å². The Morgan fingerprint density at radius 1 is 0.217 bits per heavy atom. The van der Waals surface area contributed by atoms with Crippen LogP contribution in [0.4, 0.5) is 0 Å². The van der Waals surface area contributed by atoms with E-state index in [2.05, 4.69) is 243 Å². The number of rotatable bonds is 6. The van der Waals surface area contributed by atoms with Gasteiger partial charge < -0.3 is 0 Å². The first-order valence-electron chi connectivity index (χ1n) is 21.0. The highest BCUT2D eigenvalue weighted by atomic mass is 14.5. The van der Waals surface area contributed by atoms with Crippen molar-refractivity contribution in [2.75, 3.05) is 0 Å². The zero-order valence-corrected chi connectivity index (χ0v) is 33.1. The molecule has 0 amide bonds. The van der Waals surface area contributed by atoms with Gasteiger partial charge in [0.25, 0.3) is 0 Å². The highest BCUT2D eigenvalue weighted by molar-refractivity contribution is 6.11. The molecule has 2 aliphatic rings. The summed E-state index contributed by atoms with van der Waals surface area (Å²) in [7, 11) is 0. The van der Waals surface area contributed by atoms with Crippen LogP contribution in [0.1, 0.15) is 44.5 Å². The van der Waals surface area contributed by atoms with Crippen LogP contribution in [0.15, 0.2) is 243 Å². The first kappa shape index (κ1) is 34.5. The van der Waals surface area contributed by atoms with Gasteiger partial charge in [0, 0.05) is 0 Å². The summed E-state index contributed by atoms with van der Waals surface area (Å²) < 4.78 is 0. The standard InChI is InChI=1S/C60H40/c1-7-20-41(21-8-1)43-34-35-49-52-39-57-53(40-56(52)60(55(49)38-43,46-28-15-5-16-29-46)47-30-17-6-18-31-47)51-37-36-48(42-22-9-2-10-23-42)50-32-19-33-54(58(50)51)59(57,44-24-11-3-12-25-44)45-26-13-4-14-27-45/h1-40H. The summed E-state index contributed by atoms with van der Waals surface area (Å²) in [6.45, 7) is 0. The van der Waals surface area contributed by atoms with Crippen molar-refractivity contribution >= 4 is 10.8 Å². The lowest BCUT2D eigenvalue weighted by Crippen LogP contribution is -2.34. The van der Waals surface area contributed by atoms with Crippen LogP contribution in [-0.4, -0.2) is 0 Å². The third-order valence-corrected chi connectivity index (χ3v) is 13.4. The molecule has 2 aliphatic carbocycles. The van der Waals surface area contributed by atoms with Crippen LogP contribution in [0.5, 0.6) is 0 Å². The predicted molar refractivity (Wildman–Crippen MR) is 249 cm³/mol. The normalized spacial score (nSPS) is 13.9.